The van der Waals surface area contributed by atoms with E-state index < -0.39 is 0 Å². The third kappa shape index (κ3) is 3.27. The molecule has 1 aliphatic heterocycles. The molecule has 2 N–H and O–H groups in total. The average molecular weight is 397 g/mol. The van der Waals surface area contributed by atoms with Crippen molar-refractivity contribution in [3.8, 4) is 22.9 Å². The van der Waals surface area contributed by atoms with Gasteiger partial charge in [-0.3, -0.25) is 9.36 Å². The second-order valence-electron chi connectivity index (χ2n) is 6.22. The number of methoxy groups -OCH3 is 2. The highest BCUT2D eigenvalue weighted by Crippen LogP contribution is 2.44. The predicted molar refractivity (Wildman–Crippen MR) is 108 cm³/mol. The second kappa shape index (κ2) is 7.47. The highest BCUT2D eigenvalue weighted by Gasteiger charge is 2.29. The van der Waals surface area contributed by atoms with Crippen LogP contribution >= 0.6 is 11.8 Å². The van der Waals surface area contributed by atoms with Gasteiger partial charge in [0.05, 0.1) is 30.9 Å². The first kappa shape index (κ1) is 18.2. The van der Waals surface area contributed by atoms with E-state index in [0.29, 0.717) is 17.3 Å². The van der Waals surface area contributed by atoms with Crippen molar-refractivity contribution < 1.29 is 19.4 Å². The Bertz CT molecular complexity index is 1020. The number of fused-ring (bicyclic) bond motifs is 1. The van der Waals surface area contributed by atoms with Gasteiger partial charge in [0.15, 0.2) is 17.3 Å². The van der Waals surface area contributed by atoms with Crippen LogP contribution in [-0.4, -0.2) is 40.5 Å². The summed E-state index contributed by atoms with van der Waals surface area (Å²) >= 11 is 1.50. The van der Waals surface area contributed by atoms with Crippen LogP contribution in [0.5, 0.6) is 17.2 Å². The van der Waals surface area contributed by atoms with Gasteiger partial charge in [-0.05, 0) is 42.0 Å². The number of amides is 1. The molecule has 2 heterocycles. The lowest BCUT2D eigenvalue weighted by Gasteiger charge is -2.19. The Hall–Kier alpha value is -3.13. The summed E-state index contributed by atoms with van der Waals surface area (Å²) in [5, 5.41) is 12.6. The highest BCUT2D eigenvalue weighted by atomic mass is 32.2. The third-order valence-corrected chi connectivity index (χ3v) is 5.81. The van der Waals surface area contributed by atoms with Gasteiger partial charge in [0.2, 0.25) is 5.91 Å². The Morgan fingerprint density at radius 2 is 1.96 bits per heavy atom. The van der Waals surface area contributed by atoms with Gasteiger partial charge in [0.25, 0.3) is 0 Å². The molecule has 8 heteroatoms. The Balaban J connectivity index is 1.84. The number of phenolic OH excluding ortho intramolecular Hbond substituents is 1. The van der Waals surface area contributed by atoms with Gasteiger partial charge in [-0.1, -0.05) is 6.07 Å². The van der Waals surface area contributed by atoms with Crippen molar-refractivity contribution in [2.45, 2.75) is 5.25 Å². The summed E-state index contributed by atoms with van der Waals surface area (Å²) < 4.78 is 12.5. The first-order valence-electron chi connectivity index (χ1n) is 8.60. The largest absolute Gasteiger partial charge is 0.504 e. The number of imidazole rings is 1. The number of nitrogens with one attached hydrogen (secondary N) is 1. The summed E-state index contributed by atoms with van der Waals surface area (Å²) in [5.74, 6) is 1.95. The fourth-order valence-corrected chi connectivity index (χ4v) is 4.28. The predicted octanol–water partition coefficient (Wildman–Crippen LogP) is 3.37. The Morgan fingerprint density at radius 1 is 1.18 bits per heavy atom. The zero-order chi connectivity index (χ0) is 19.7. The lowest BCUT2D eigenvalue weighted by molar-refractivity contribution is -0.113. The second-order valence-corrected chi connectivity index (χ2v) is 7.31. The maximum Gasteiger partial charge on any atom is 0.235 e. The van der Waals surface area contributed by atoms with Gasteiger partial charge in [0, 0.05) is 5.69 Å². The standard InChI is InChI=1S/C20H19N3O4S/c1-26-14-6-4-13(5-7-14)23-11-21-20-18(23)19(28-10-17(25)22-20)12-3-8-15(24)16(9-12)27-2/h3-9,11,19,24H,10H2,1-2H3,(H,22,25). The van der Waals surface area contributed by atoms with Crippen LogP contribution in [0.4, 0.5) is 5.82 Å². The SMILES string of the molecule is COc1ccc(-n2cnc3c2C(c2ccc(O)c(OC)c2)SCC(=O)N3)cc1. The maximum atomic E-state index is 12.2. The molecule has 0 fully saturated rings. The van der Waals surface area contributed by atoms with E-state index in [4.69, 9.17) is 9.47 Å². The number of phenols is 1. The molecular weight excluding hydrogens is 378 g/mol. The number of rotatable bonds is 4. The highest BCUT2D eigenvalue weighted by molar-refractivity contribution is 8.00. The van der Waals surface area contributed by atoms with E-state index >= 15 is 0 Å². The molecule has 0 saturated heterocycles. The number of hydrogen-bond donors (Lipinski definition) is 2. The lowest BCUT2D eigenvalue weighted by Crippen LogP contribution is -2.12. The normalized spacial score (nSPS) is 16.1. The number of carbonyl (C=O) groups excluding carboxylic acids is 1. The van der Waals surface area contributed by atoms with E-state index in [9.17, 15) is 9.90 Å². The first-order valence-corrected chi connectivity index (χ1v) is 9.65. The van der Waals surface area contributed by atoms with Crippen LogP contribution in [0.15, 0.2) is 48.8 Å². The Kier molecular flexibility index (Phi) is 4.87. The number of benzene rings is 2. The molecule has 0 saturated carbocycles. The minimum absolute atomic E-state index is 0.0722. The number of anilines is 1. The summed E-state index contributed by atoms with van der Waals surface area (Å²) in [6, 6.07) is 12.9. The zero-order valence-corrected chi connectivity index (χ0v) is 16.2. The molecular formula is C20H19N3O4S. The van der Waals surface area contributed by atoms with Crippen LogP contribution in [0.3, 0.4) is 0 Å². The van der Waals surface area contributed by atoms with Gasteiger partial charge in [-0.15, -0.1) is 11.8 Å². The number of thioether (sulfide) groups is 1. The quantitative estimate of drug-likeness (QED) is 0.702. The minimum atomic E-state index is -0.173. The molecule has 1 aliphatic rings. The monoisotopic (exact) mass is 397 g/mol. The summed E-state index contributed by atoms with van der Waals surface area (Å²) in [4.78, 5) is 16.6. The molecule has 0 radical (unpaired) electrons. The number of aromatic nitrogens is 2. The summed E-state index contributed by atoms with van der Waals surface area (Å²) in [6.45, 7) is 0. The molecule has 4 rings (SSSR count). The van der Waals surface area contributed by atoms with Gasteiger partial charge >= 0.3 is 0 Å². The maximum absolute atomic E-state index is 12.2. The Morgan fingerprint density at radius 3 is 2.68 bits per heavy atom. The molecule has 144 valence electrons. The number of aromatic hydroxyl groups is 1. The molecule has 1 aromatic heterocycles. The van der Waals surface area contributed by atoms with Crippen LogP contribution in [0.1, 0.15) is 16.5 Å². The molecule has 1 amide bonds. The van der Waals surface area contributed by atoms with Crippen molar-refractivity contribution in [1.82, 2.24) is 9.55 Å². The minimum Gasteiger partial charge on any atom is -0.504 e. The van der Waals surface area contributed by atoms with E-state index in [1.54, 1.807) is 25.6 Å². The molecule has 0 bridgehead atoms. The number of hydrogen-bond acceptors (Lipinski definition) is 6. The topological polar surface area (TPSA) is 85.6 Å². The first-order chi connectivity index (χ1) is 13.6. The Labute approximate surface area is 166 Å². The van der Waals surface area contributed by atoms with E-state index in [2.05, 4.69) is 10.3 Å². The van der Waals surface area contributed by atoms with Crippen LogP contribution in [0, 0.1) is 0 Å². The van der Waals surface area contributed by atoms with Crippen LogP contribution in [0.25, 0.3) is 5.69 Å². The lowest BCUT2D eigenvalue weighted by atomic mass is 10.1. The van der Waals surface area contributed by atoms with Crippen molar-refractivity contribution in [1.29, 1.82) is 0 Å². The molecule has 1 atom stereocenters. The van der Waals surface area contributed by atoms with Crippen LogP contribution in [-0.2, 0) is 4.79 Å². The van der Waals surface area contributed by atoms with Gasteiger partial charge in [0.1, 0.15) is 12.1 Å². The van der Waals surface area contributed by atoms with E-state index in [-0.39, 0.29) is 16.9 Å². The van der Waals surface area contributed by atoms with Crippen molar-refractivity contribution >= 4 is 23.5 Å². The number of ether oxygens (including phenoxy) is 2. The number of nitrogens with zero attached hydrogens (tertiary/aromatic N) is 2. The number of carbonyl (C=O) groups is 1. The molecule has 2 aromatic carbocycles. The van der Waals surface area contributed by atoms with Gasteiger partial charge in [-0.25, -0.2) is 4.98 Å². The van der Waals surface area contributed by atoms with Crippen molar-refractivity contribution in [2.24, 2.45) is 0 Å². The fraction of sp³-hybridized carbons (Fsp3) is 0.200. The molecule has 3 aromatic rings. The van der Waals surface area contributed by atoms with Crippen molar-refractivity contribution in [2.75, 3.05) is 25.3 Å². The molecule has 0 aliphatic carbocycles. The van der Waals surface area contributed by atoms with E-state index in [1.807, 2.05) is 34.9 Å². The average Bonchev–Trinajstić information content (AvgIpc) is 3.04. The van der Waals surface area contributed by atoms with E-state index in [1.165, 1.54) is 18.9 Å². The van der Waals surface area contributed by atoms with Gasteiger partial charge < -0.3 is 19.9 Å². The molecule has 0 spiro atoms. The zero-order valence-electron chi connectivity index (χ0n) is 15.4. The van der Waals surface area contributed by atoms with E-state index in [0.717, 1.165) is 22.7 Å². The van der Waals surface area contributed by atoms with Crippen molar-refractivity contribution in [3.05, 3.63) is 60.0 Å². The summed E-state index contributed by atoms with van der Waals surface area (Å²) in [7, 11) is 3.13. The molecule has 28 heavy (non-hydrogen) atoms. The van der Waals surface area contributed by atoms with Gasteiger partial charge in [-0.2, -0.15) is 0 Å². The van der Waals surface area contributed by atoms with Crippen LogP contribution in [0.2, 0.25) is 0 Å². The molecule has 7 nitrogen and oxygen atoms in total. The summed E-state index contributed by atoms with van der Waals surface area (Å²) in [6.07, 6.45) is 1.70. The van der Waals surface area contributed by atoms with Crippen molar-refractivity contribution in [3.63, 3.8) is 0 Å². The van der Waals surface area contributed by atoms with Crippen LogP contribution < -0.4 is 14.8 Å². The molecule has 1 unspecified atom stereocenters. The third-order valence-electron chi connectivity index (χ3n) is 4.55. The smallest absolute Gasteiger partial charge is 0.235 e. The fourth-order valence-electron chi connectivity index (χ4n) is 3.17. The summed E-state index contributed by atoms with van der Waals surface area (Å²) in [5.41, 5.74) is 2.67.